The highest BCUT2D eigenvalue weighted by Gasteiger charge is 2.48. The zero-order valence-electron chi connectivity index (χ0n) is 25.9. The third kappa shape index (κ3) is 15.2. The quantitative estimate of drug-likeness (QED) is 0.0974. The molecule has 0 aliphatic carbocycles. The first kappa shape index (κ1) is 36.5. The molecule has 12 heteroatoms. The van der Waals surface area contributed by atoms with Gasteiger partial charge in [-0.25, -0.2) is 0 Å². The van der Waals surface area contributed by atoms with Crippen LogP contribution in [0.4, 0.5) is 0 Å². The SMILES string of the molecule is C=C(C)COC(CC)OC(C(C)O)[Si](C)(C)O[Si](C)(C)O[Si](C)(C)O[Si](C)(C)O[Si](C)(C)CCCC. The van der Waals surface area contributed by atoms with Crippen molar-refractivity contribution in [2.75, 3.05) is 6.61 Å². The lowest BCUT2D eigenvalue weighted by Crippen LogP contribution is -2.62. The molecule has 216 valence electrons. The van der Waals surface area contributed by atoms with Gasteiger partial charge in [0.2, 0.25) is 8.32 Å². The lowest BCUT2D eigenvalue weighted by atomic mass is 10.4. The fourth-order valence-corrected chi connectivity index (χ4v) is 30.0. The van der Waals surface area contributed by atoms with E-state index in [1.165, 1.54) is 12.8 Å². The third-order valence-electron chi connectivity index (χ3n) is 5.42. The van der Waals surface area contributed by atoms with E-state index in [0.29, 0.717) is 13.0 Å². The van der Waals surface area contributed by atoms with E-state index in [-0.39, 0.29) is 0 Å². The maximum absolute atomic E-state index is 10.6. The van der Waals surface area contributed by atoms with Crippen molar-refractivity contribution in [1.82, 2.24) is 0 Å². The first-order valence-electron chi connectivity index (χ1n) is 13.5. The van der Waals surface area contributed by atoms with Gasteiger partial charge in [0, 0.05) is 0 Å². The fourth-order valence-electron chi connectivity index (χ4n) is 4.77. The number of hydrogen-bond donors (Lipinski definition) is 1. The Bertz CT molecular complexity index is 669. The van der Waals surface area contributed by atoms with E-state index in [2.05, 4.69) is 79.0 Å². The summed E-state index contributed by atoms with van der Waals surface area (Å²) >= 11 is 0. The van der Waals surface area contributed by atoms with Crippen LogP contribution in [0.2, 0.25) is 71.5 Å². The standard InChI is InChI=1S/C24H58O7Si5/c1-16-18-19-32(6,7)28-34(10,11)30-36(14,15)31-35(12,13)29-33(8,9)24(22(5)25)27-23(17-2)26-20-21(3)4/h22-25H,3,16-20H2,1-2,4-15H3. The Hall–Kier alpha value is 0.544. The van der Waals surface area contributed by atoms with Gasteiger partial charge in [0.15, 0.2) is 14.6 Å². The molecule has 0 aliphatic heterocycles. The van der Waals surface area contributed by atoms with Crippen LogP contribution in [0, 0.1) is 0 Å². The van der Waals surface area contributed by atoms with Gasteiger partial charge in [-0.3, -0.25) is 0 Å². The van der Waals surface area contributed by atoms with Crippen LogP contribution in [0.15, 0.2) is 12.2 Å². The van der Waals surface area contributed by atoms with Gasteiger partial charge >= 0.3 is 25.7 Å². The molecule has 0 fully saturated rings. The minimum atomic E-state index is -2.63. The second kappa shape index (κ2) is 14.8. The molecular weight excluding hydrogens is 541 g/mol. The van der Waals surface area contributed by atoms with Crippen molar-refractivity contribution in [2.24, 2.45) is 0 Å². The maximum Gasteiger partial charge on any atom is 0.314 e. The first-order valence-corrected chi connectivity index (χ1v) is 28.0. The van der Waals surface area contributed by atoms with Crippen molar-refractivity contribution in [3.8, 4) is 0 Å². The molecule has 1 N–H and O–H groups in total. The van der Waals surface area contributed by atoms with Gasteiger partial charge < -0.3 is 31.0 Å². The summed E-state index contributed by atoms with van der Waals surface area (Å²) in [5.41, 5.74) is 0.465. The molecule has 0 aromatic rings. The van der Waals surface area contributed by atoms with Crippen molar-refractivity contribution in [3.05, 3.63) is 12.2 Å². The van der Waals surface area contributed by atoms with Crippen LogP contribution in [-0.4, -0.2) is 72.2 Å². The monoisotopic (exact) mass is 598 g/mol. The van der Waals surface area contributed by atoms with Gasteiger partial charge in [-0.05, 0) is 91.8 Å². The largest absolute Gasteiger partial charge is 0.436 e. The van der Waals surface area contributed by atoms with E-state index >= 15 is 0 Å². The Balaban J connectivity index is 5.44. The highest BCUT2D eigenvalue weighted by atomic mass is 28.5. The predicted molar refractivity (Wildman–Crippen MR) is 163 cm³/mol. The minimum absolute atomic E-state index is 0.425. The molecule has 0 rings (SSSR count). The molecule has 36 heavy (non-hydrogen) atoms. The van der Waals surface area contributed by atoms with Gasteiger partial charge in [0.05, 0.1) is 12.7 Å². The second-order valence-corrected chi connectivity index (χ2v) is 31.9. The van der Waals surface area contributed by atoms with Crippen LogP contribution >= 0.6 is 0 Å². The molecule has 0 bridgehead atoms. The number of ether oxygens (including phenoxy) is 2. The van der Waals surface area contributed by atoms with Crippen LogP contribution in [0.1, 0.15) is 47.0 Å². The Morgan fingerprint density at radius 2 is 1.28 bits per heavy atom. The van der Waals surface area contributed by atoms with Crippen LogP contribution in [0.25, 0.3) is 0 Å². The van der Waals surface area contributed by atoms with Crippen molar-refractivity contribution in [3.63, 3.8) is 0 Å². The van der Waals surface area contributed by atoms with Crippen molar-refractivity contribution in [2.45, 2.75) is 137 Å². The van der Waals surface area contributed by atoms with Gasteiger partial charge in [0.1, 0.15) is 5.73 Å². The third-order valence-corrected chi connectivity index (χ3v) is 25.1. The molecule has 0 saturated heterocycles. The number of unbranched alkanes of at least 4 members (excludes halogenated alkanes) is 1. The molecule has 0 spiro atoms. The Labute approximate surface area is 228 Å². The van der Waals surface area contributed by atoms with Gasteiger partial charge in [-0.2, -0.15) is 0 Å². The molecule has 0 aliphatic rings. The molecule has 0 amide bonds. The minimum Gasteiger partial charge on any atom is -0.436 e. The normalized spacial score (nSPS) is 16.6. The Morgan fingerprint density at radius 3 is 1.69 bits per heavy atom. The molecule has 0 heterocycles. The summed E-state index contributed by atoms with van der Waals surface area (Å²) in [5, 5.41) is 10.6. The van der Waals surface area contributed by atoms with Gasteiger partial charge in [-0.1, -0.05) is 38.8 Å². The molecular formula is C24H58O7Si5. The van der Waals surface area contributed by atoms with E-state index < -0.39 is 60.4 Å². The van der Waals surface area contributed by atoms with E-state index in [1.807, 2.05) is 13.8 Å². The summed E-state index contributed by atoms with van der Waals surface area (Å²) in [7, 11) is -11.9. The van der Waals surface area contributed by atoms with Crippen LogP contribution < -0.4 is 0 Å². The topological polar surface area (TPSA) is 75.6 Å². The maximum atomic E-state index is 10.6. The zero-order chi connectivity index (χ0) is 28.6. The second-order valence-electron chi connectivity index (χ2n) is 12.5. The van der Waals surface area contributed by atoms with Gasteiger partial charge in [0.25, 0.3) is 0 Å². The first-order chi connectivity index (χ1) is 16.1. The molecule has 0 saturated carbocycles. The van der Waals surface area contributed by atoms with E-state index in [9.17, 15) is 5.11 Å². The summed E-state index contributed by atoms with van der Waals surface area (Å²) in [6, 6.07) is 1.14. The van der Waals surface area contributed by atoms with Gasteiger partial charge in [-0.15, -0.1) is 0 Å². The van der Waals surface area contributed by atoms with Crippen molar-refractivity contribution in [1.29, 1.82) is 0 Å². The number of aliphatic hydroxyl groups is 1. The number of hydrogen-bond acceptors (Lipinski definition) is 7. The highest BCUT2D eigenvalue weighted by molar-refractivity contribution is 6.90. The lowest BCUT2D eigenvalue weighted by Gasteiger charge is -2.44. The molecule has 7 nitrogen and oxygen atoms in total. The predicted octanol–water partition coefficient (Wildman–Crippen LogP) is 7.00. The zero-order valence-corrected chi connectivity index (χ0v) is 30.9. The summed E-state index contributed by atoms with van der Waals surface area (Å²) in [6.07, 6.45) is 1.91. The molecule has 0 radical (unpaired) electrons. The molecule has 0 aromatic heterocycles. The average molecular weight is 599 g/mol. The highest BCUT2D eigenvalue weighted by Crippen LogP contribution is 2.29. The Kier molecular flexibility index (Phi) is 15.0. The molecule has 3 atom stereocenters. The Morgan fingerprint density at radius 1 is 0.806 bits per heavy atom. The number of aliphatic hydroxyl groups excluding tert-OH is 1. The van der Waals surface area contributed by atoms with Crippen molar-refractivity contribution >= 4 is 42.3 Å². The van der Waals surface area contributed by atoms with E-state index in [4.69, 9.17) is 25.9 Å². The summed E-state index contributed by atoms with van der Waals surface area (Å²) < 4.78 is 38.9. The smallest absolute Gasteiger partial charge is 0.314 e. The van der Waals surface area contributed by atoms with Crippen LogP contribution in [-0.2, 0) is 25.9 Å². The lowest BCUT2D eigenvalue weighted by molar-refractivity contribution is -0.170. The fraction of sp³-hybridized carbons (Fsp3) is 0.917. The molecule has 3 unspecified atom stereocenters. The van der Waals surface area contributed by atoms with E-state index in [0.717, 1.165) is 11.6 Å². The summed E-state index contributed by atoms with van der Waals surface area (Å²) in [4.78, 5) is 0. The number of rotatable bonds is 19. The summed E-state index contributed by atoms with van der Waals surface area (Å²) in [6.45, 7) is 33.5. The van der Waals surface area contributed by atoms with E-state index in [1.54, 1.807) is 6.92 Å². The van der Waals surface area contributed by atoms with Crippen LogP contribution in [0.3, 0.4) is 0 Å². The average Bonchev–Trinajstić information content (AvgIpc) is 2.61. The summed E-state index contributed by atoms with van der Waals surface area (Å²) in [5.74, 6) is 0. The molecule has 0 aromatic carbocycles. The van der Waals surface area contributed by atoms with Crippen LogP contribution in [0.5, 0.6) is 0 Å². The van der Waals surface area contributed by atoms with Crippen molar-refractivity contribution < 1.29 is 31.0 Å².